The molecule has 0 saturated carbocycles. The number of anilines is 1. The second-order valence-corrected chi connectivity index (χ2v) is 4.00. The van der Waals surface area contributed by atoms with E-state index in [4.69, 9.17) is 11.5 Å². The summed E-state index contributed by atoms with van der Waals surface area (Å²) in [6, 6.07) is 3.77. The molecule has 0 bridgehead atoms. The number of rotatable bonds is 6. The number of phenolic OH excluding ortho intramolecular Hbond substituents is 1. The van der Waals surface area contributed by atoms with Crippen LogP contribution >= 0.6 is 0 Å². The molecule has 0 spiro atoms. The summed E-state index contributed by atoms with van der Waals surface area (Å²) in [6.45, 7) is 0. The van der Waals surface area contributed by atoms with Crippen molar-refractivity contribution >= 4 is 17.6 Å². The molecule has 0 saturated heterocycles. The van der Waals surface area contributed by atoms with Crippen LogP contribution < -0.4 is 5.32 Å². The van der Waals surface area contributed by atoms with E-state index in [-0.39, 0.29) is 22.9 Å². The standard InChI is InChI=1S/C14H15NO4/c1-2-3-4-5-6-13(17)15-11-8-7-10(14(18)19)9-12(11)16/h1,7-9,16H,3-6H2,(H,15,17)(H,18,19). The first-order valence-corrected chi connectivity index (χ1v) is 5.84. The number of carbonyl (C=O) groups excluding carboxylic acids is 1. The number of benzene rings is 1. The number of carboxylic acid groups (broad SMARTS) is 1. The summed E-state index contributed by atoms with van der Waals surface area (Å²) in [7, 11) is 0. The molecule has 1 aromatic rings. The van der Waals surface area contributed by atoms with E-state index >= 15 is 0 Å². The van der Waals surface area contributed by atoms with E-state index in [1.165, 1.54) is 12.1 Å². The summed E-state index contributed by atoms with van der Waals surface area (Å²) >= 11 is 0. The number of unbranched alkanes of at least 4 members (excludes halogenated alkanes) is 2. The Morgan fingerprint density at radius 3 is 2.63 bits per heavy atom. The fourth-order valence-electron chi connectivity index (χ4n) is 1.50. The molecule has 0 aliphatic rings. The molecule has 0 radical (unpaired) electrons. The van der Waals surface area contributed by atoms with Crippen LogP contribution in [0.25, 0.3) is 0 Å². The average Bonchev–Trinajstić information content (AvgIpc) is 2.37. The molecular formula is C14H15NO4. The number of hydrogen-bond acceptors (Lipinski definition) is 3. The molecule has 19 heavy (non-hydrogen) atoms. The van der Waals surface area contributed by atoms with E-state index < -0.39 is 5.97 Å². The Labute approximate surface area is 111 Å². The second kappa shape index (κ2) is 7.07. The van der Waals surface area contributed by atoms with Crippen LogP contribution in [0.15, 0.2) is 18.2 Å². The van der Waals surface area contributed by atoms with Crippen LogP contribution in [-0.4, -0.2) is 22.1 Å². The lowest BCUT2D eigenvalue weighted by atomic mass is 10.1. The quantitative estimate of drug-likeness (QED) is 0.416. The maximum atomic E-state index is 11.6. The fourth-order valence-corrected chi connectivity index (χ4v) is 1.50. The lowest BCUT2D eigenvalue weighted by Gasteiger charge is -2.07. The lowest BCUT2D eigenvalue weighted by Crippen LogP contribution is -2.11. The number of aromatic hydroxyl groups is 1. The monoisotopic (exact) mass is 261 g/mol. The van der Waals surface area contributed by atoms with Gasteiger partial charge in [0.25, 0.3) is 0 Å². The number of amides is 1. The third-order valence-electron chi connectivity index (χ3n) is 2.49. The van der Waals surface area contributed by atoms with Gasteiger partial charge in [0.1, 0.15) is 5.75 Å². The highest BCUT2D eigenvalue weighted by atomic mass is 16.4. The third kappa shape index (κ3) is 4.72. The van der Waals surface area contributed by atoms with Crippen LogP contribution in [0.5, 0.6) is 5.75 Å². The largest absolute Gasteiger partial charge is 0.506 e. The number of nitrogens with one attached hydrogen (secondary N) is 1. The van der Waals surface area contributed by atoms with Crippen molar-refractivity contribution in [1.82, 2.24) is 0 Å². The number of aromatic carboxylic acids is 1. The average molecular weight is 261 g/mol. The van der Waals surface area contributed by atoms with Crippen molar-refractivity contribution in [2.75, 3.05) is 5.32 Å². The molecule has 5 nitrogen and oxygen atoms in total. The predicted octanol–water partition coefficient (Wildman–Crippen LogP) is 2.22. The molecule has 3 N–H and O–H groups in total. The normalized spacial score (nSPS) is 9.63. The van der Waals surface area contributed by atoms with Crippen molar-refractivity contribution in [2.45, 2.75) is 25.7 Å². The van der Waals surface area contributed by atoms with Gasteiger partial charge in [0.05, 0.1) is 11.3 Å². The van der Waals surface area contributed by atoms with Gasteiger partial charge < -0.3 is 15.5 Å². The van der Waals surface area contributed by atoms with Gasteiger partial charge in [-0.1, -0.05) is 0 Å². The Balaban J connectivity index is 2.55. The Bertz CT molecular complexity index is 517. The topological polar surface area (TPSA) is 86.6 Å². The van der Waals surface area contributed by atoms with Gasteiger partial charge in [0, 0.05) is 12.8 Å². The summed E-state index contributed by atoms with van der Waals surface area (Å²) in [4.78, 5) is 22.2. The van der Waals surface area contributed by atoms with Crippen LogP contribution in [0.4, 0.5) is 5.69 Å². The molecule has 1 aromatic carbocycles. The van der Waals surface area contributed by atoms with E-state index in [0.29, 0.717) is 19.3 Å². The molecular weight excluding hydrogens is 246 g/mol. The minimum absolute atomic E-state index is 0.0375. The van der Waals surface area contributed by atoms with Crippen molar-refractivity contribution in [3.63, 3.8) is 0 Å². The fraction of sp³-hybridized carbons (Fsp3) is 0.286. The maximum Gasteiger partial charge on any atom is 0.335 e. The summed E-state index contributed by atoms with van der Waals surface area (Å²) in [5, 5.41) is 20.8. The summed E-state index contributed by atoms with van der Waals surface area (Å²) in [5.41, 5.74) is 0.163. The number of terminal acetylenes is 1. The van der Waals surface area contributed by atoms with Crippen LogP contribution in [0.3, 0.4) is 0 Å². The highest BCUT2D eigenvalue weighted by Crippen LogP contribution is 2.24. The van der Waals surface area contributed by atoms with Crippen molar-refractivity contribution in [1.29, 1.82) is 0 Å². The SMILES string of the molecule is C#CCCCCC(=O)Nc1ccc(C(=O)O)cc1O. The van der Waals surface area contributed by atoms with E-state index in [1.807, 2.05) is 0 Å². The maximum absolute atomic E-state index is 11.6. The van der Waals surface area contributed by atoms with Crippen molar-refractivity contribution < 1.29 is 19.8 Å². The Morgan fingerprint density at radius 2 is 2.05 bits per heavy atom. The van der Waals surface area contributed by atoms with Crippen molar-refractivity contribution in [2.24, 2.45) is 0 Å². The number of carbonyl (C=O) groups is 2. The zero-order chi connectivity index (χ0) is 14.3. The van der Waals surface area contributed by atoms with Crippen LogP contribution in [0.1, 0.15) is 36.0 Å². The van der Waals surface area contributed by atoms with E-state index in [2.05, 4.69) is 11.2 Å². The van der Waals surface area contributed by atoms with Gasteiger partial charge in [-0.3, -0.25) is 4.79 Å². The van der Waals surface area contributed by atoms with Gasteiger partial charge in [-0.05, 0) is 31.0 Å². The molecule has 0 unspecified atom stereocenters. The van der Waals surface area contributed by atoms with Gasteiger partial charge >= 0.3 is 5.97 Å². The molecule has 0 heterocycles. The van der Waals surface area contributed by atoms with E-state index in [1.54, 1.807) is 0 Å². The first-order valence-electron chi connectivity index (χ1n) is 5.84. The molecule has 0 atom stereocenters. The Morgan fingerprint density at radius 1 is 1.32 bits per heavy atom. The smallest absolute Gasteiger partial charge is 0.335 e. The number of hydrogen-bond donors (Lipinski definition) is 3. The first kappa shape index (κ1) is 14.6. The van der Waals surface area contributed by atoms with Crippen molar-refractivity contribution in [3.8, 4) is 18.1 Å². The van der Waals surface area contributed by atoms with Gasteiger partial charge in [0.15, 0.2) is 0 Å². The summed E-state index contributed by atoms with van der Waals surface area (Å²) in [6.07, 6.45) is 7.48. The predicted molar refractivity (Wildman–Crippen MR) is 71.0 cm³/mol. The Kier molecular flexibility index (Phi) is 5.42. The summed E-state index contributed by atoms with van der Waals surface area (Å²) in [5.74, 6) is 0.846. The zero-order valence-corrected chi connectivity index (χ0v) is 10.3. The van der Waals surface area contributed by atoms with Gasteiger partial charge in [-0.2, -0.15) is 0 Å². The third-order valence-corrected chi connectivity index (χ3v) is 2.49. The van der Waals surface area contributed by atoms with Gasteiger partial charge in [-0.25, -0.2) is 4.79 Å². The number of phenols is 1. The van der Waals surface area contributed by atoms with Crippen LogP contribution in [0.2, 0.25) is 0 Å². The second-order valence-electron chi connectivity index (χ2n) is 4.00. The molecule has 0 fully saturated rings. The minimum Gasteiger partial charge on any atom is -0.506 e. The summed E-state index contributed by atoms with van der Waals surface area (Å²) < 4.78 is 0. The van der Waals surface area contributed by atoms with Crippen molar-refractivity contribution in [3.05, 3.63) is 23.8 Å². The minimum atomic E-state index is -1.14. The molecule has 1 amide bonds. The molecule has 5 heteroatoms. The molecule has 0 aliphatic heterocycles. The van der Waals surface area contributed by atoms with Crippen LogP contribution in [-0.2, 0) is 4.79 Å². The molecule has 100 valence electrons. The molecule has 0 aromatic heterocycles. The Hall–Kier alpha value is -2.48. The van der Waals surface area contributed by atoms with Gasteiger partial charge in [-0.15, -0.1) is 12.3 Å². The van der Waals surface area contributed by atoms with E-state index in [9.17, 15) is 14.7 Å². The molecule has 1 rings (SSSR count). The lowest BCUT2D eigenvalue weighted by molar-refractivity contribution is -0.116. The van der Waals surface area contributed by atoms with Crippen LogP contribution in [0, 0.1) is 12.3 Å². The van der Waals surface area contributed by atoms with E-state index in [0.717, 1.165) is 12.5 Å². The number of carboxylic acids is 1. The van der Waals surface area contributed by atoms with Gasteiger partial charge in [0.2, 0.25) is 5.91 Å². The molecule has 0 aliphatic carbocycles. The zero-order valence-electron chi connectivity index (χ0n) is 10.3. The highest BCUT2D eigenvalue weighted by Gasteiger charge is 2.09. The first-order chi connectivity index (χ1) is 9.04. The highest BCUT2D eigenvalue weighted by molar-refractivity contribution is 5.94.